The van der Waals surface area contributed by atoms with Gasteiger partial charge < -0.3 is 5.11 Å². The number of aliphatic hydroxyl groups excluding tert-OH is 1. The third-order valence-electron chi connectivity index (χ3n) is 4.19. The number of Topliss-reactive ketones (excluding diaryl/α,β-unsaturated/α-hetero) is 1. The summed E-state index contributed by atoms with van der Waals surface area (Å²) in [6, 6.07) is 17.7. The van der Waals surface area contributed by atoms with E-state index < -0.39 is 0 Å². The summed E-state index contributed by atoms with van der Waals surface area (Å²) in [5.41, 5.74) is 2.25. The molecule has 0 spiro atoms. The van der Waals surface area contributed by atoms with Gasteiger partial charge in [-0.3, -0.25) is 4.79 Å². The number of allylic oxidation sites excluding steroid dienone is 2. The number of aryl methyl sites for hydroxylation is 1. The Bertz CT molecular complexity index is 755. The molecule has 2 aromatic carbocycles. The molecule has 124 valence electrons. The smallest absolute Gasteiger partial charge is 0.173 e. The molecule has 1 N–H and O–H groups in total. The first-order valence-electron chi connectivity index (χ1n) is 8.01. The Labute approximate surface area is 151 Å². The highest BCUT2D eigenvalue weighted by Crippen LogP contribution is 2.38. The minimum Gasteiger partial charge on any atom is -0.511 e. The van der Waals surface area contributed by atoms with E-state index in [4.69, 9.17) is 11.6 Å². The van der Waals surface area contributed by atoms with Crippen molar-refractivity contribution in [2.24, 2.45) is 0 Å². The summed E-state index contributed by atoms with van der Waals surface area (Å²) >= 11 is 7.49. The van der Waals surface area contributed by atoms with Crippen LogP contribution in [0, 0.1) is 0 Å². The Hall–Kier alpha value is -1.71. The average Bonchev–Trinajstić information content (AvgIpc) is 2.58. The van der Waals surface area contributed by atoms with Crippen molar-refractivity contribution < 1.29 is 9.90 Å². The van der Waals surface area contributed by atoms with Gasteiger partial charge in [0, 0.05) is 23.6 Å². The molecule has 0 radical (unpaired) electrons. The maximum Gasteiger partial charge on any atom is 0.173 e. The minimum absolute atomic E-state index is 0.00896. The Morgan fingerprint density at radius 3 is 2.58 bits per heavy atom. The van der Waals surface area contributed by atoms with Crippen LogP contribution < -0.4 is 0 Å². The topological polar surface area (TPSA) is 37.3 Å². The van der Waals surface area contributed by atoms with Gasteiger partial charge in [0.2, 0.25) is 0 Å². The average molecular weight is 359 g/mol. The Kier molecular flexibility index (Phi) is 5.64. The number of ketones is 1. The number of thioether (sulfide) groups is 1. The van der Waals surface area contributed by atoms with Gasteiger partial charge in [-0.1, -0.05) is 54.1 Å². The van der Waals surface area contributed by atoms with Crippen LogP contribution in [-0.4, -0.2) is 16.6 Å². The molecule has 1 aliphatic rings. The van der Waals surface area contributed by atoms with Crippen LogP contribution in [0.3, 0.4) is 0 Å². The highest BCUT2D eigenvalue weighted by molar-refractivity contribution is 8.04. The Morgan fingerprint density at radius 1 is 1.08 bits per heavy atom. The van der Waals surface area contributed by atoms with Crippen molar-refractivity contribution in [2.75, 3.05) is 5.75 Å². The van der Waals surface area contributed by atoms with Gasteiger partial charge in [0.15, 0.2) is 5.78 Å². The Balaban J connectivity index is 1.64. The zero-order valence-electron chi connectivity index (χ0n) is 13.2. The van der Waals surface area contributed by atoms with Crippen LogP contribution >= 0.6 is 23.4 Å². The van der Waals surface area contributed by atoms with Crippen molar-refractivity contribution in [3.63, 3.8) is 0 Å². The molecule has 24 heavy (non-hydrogen) atoms. The molecule has 3 rings (SSSR count). The summed E-state index contributed by atoms with van der Waals surface area (Å²) in [6.45, 7) is 0. The van der Waals surface area contributed by atoms with Gasteiger partial charge in [0.25, 0.3) is 0 Å². The first kappa shape index (κ1) is 17.1. The third kappa shape index (κ3) is 4.22. The summed E-state index contributed by atoms with van der Waals surface area (Å²) in [7, 11) is 0. The van der Waals surface area contributed by atoms with E-state index in [1.807, 2.05) is 42.5 Å². The number of rotatable bonds is 5. The van der Waals surface area contributed by atoms with E-state index in [9.17, 15) is 9.90 Å². The number of halogens is 1. The lowest BCUT2D eigenvalue weighted by Crippen LogP contribution is -2.17. The lowest BCUT2D eigenvalue weighted by atomic mass is 9.86. The number of hydrogen-bond donors (Lipinski definition) is 1. The number of benzene rings is 2. The fourth-order valence-electron chi connectivity index (χ4n) is 2.95. The van der Waals surface area contributed by atoms with E-state index in [1.54, 1.807) is 0 Å². The summed E-state index contributed by atoms with van der Waals surface area (Å²) < 4.78 is 0. The van der Waals surface area contributed by atoms with Gasteiger partial charge in [-0.15, -0.1) is 11.8 Å². The van der Waals surface area contributed by atoms with Crippen molar-refractivity contribution in [1.82, 2.24) is 0 Å². The molecule has 1 atom stereocenters. The van der Waals surface area contributed by atoms with Crippen LogP contribution in [0.4, 0.5) is 0 Å². The number of carbonyl (C=O) groups is 1. The summed E-state index contributed by atoms with van der Waals surface area (Å²) in [5, 5.41) is 11.0. The first-order valence-corrected chi connectivity index (χ1v) is 9.37. The minimum atomic E-state index is 0.00896. The van der Waals surface area contributed by atoms with Crippen LogP contribution in [0.25, 0.3) is 0 Å². The maximum absolute atomic E-state index is 12.4. The van der Waals surface area contributed by atoms with Crippen molar-refractivity contribution in [2.45, 2.75) is 25.2 Å². The van der Waals surface area contributed by atoms with Crippen molar-refractivity contribution >= 4 is 29.1 Å². The van der Waals surface area contributed by atoms with Gasteiger partial charge in [0.05, 0.1) is 4.91 Å². The largest absolute Gasteiger partial charge is 0.511 e. The summed E-state index contributed by atoms with van der Waals surface area (Å²) in [6.07, 6.45) is 1.81. The molecular weight excluding hydrogens is 340 g/mol. The third-order valence-corrected chi connectivity index (χ3v) is 5.58. The second-order valence-electron chi connectivity index (χ2n) is 5.94. The van der Waals surface area contributed by atoms with Gasteiger partial charge in [-0.2, -0.15) is 0 Å². The molecule has 0 amide bonds. The fraction of sp³-hybridized carbons (Fsp3) is 0.250. The van der Waals surface area contributed by atoms with Crippen LogP contribution in [0.5, 0.6) is 0 Å². The highest BCUT2D eigenvalue weighted by atomic mass is 35.5. The molecule has 0 aliphatic heterocycles. The standard InChI is InChI=1S/C20H19ClO2S/c21-17-8-4-7-15(11-17)16-12-18(22)20(19(23)13-16)24-10-9-14-5-2-1-3-6-14/h1-8,11,16,22H,9-10,12-13H2. The van der Waals surface area contributed by atoms with Crippen LogP contribution in [-0.2, 0) is 11.2 Å². The molecule has 4 heteroatoms. The van der Waals surface area contributed by atoms with E-state index in [-0.39, 0.29) is 17.5 Å². The molecular formula is C20H19ClO2S. The van der Waals surface area contributed by atoms with Crippen molar-refractivity contribution in [3.8, 4) is 0 Å². The summed E-state index contributed by atoms with van der Waals surface area (Å²) in [5.74, 6) is 1.04. The van der Waals surface area contributed by atoms with Crippen LogP contribution in [0.15, 0.2) is 65.3 Å². The van der Waals surface area contributed by atoms with E-state index in [1.165, 1.54) is 17.3 Å². The van der Waals surface area contributed by atoms with Gasteiger partial charge in [0.1, 0.15) is 5.76 Å². The van der Waals surface area contributed by atoms with Gasteiger partial charge in [-0.05, 0) is 35.6 Å². The fourth-order valence-corrected chi connectivity index (χ4v) is 4.19. The predicted molar refractivity (Wildman–Crippen MR) is 101 cm³/mol. The molecule has 0 bridgehead atoms. The van der Waals surface area contributed by atoms with Crippen LogP contribution in [0.1, 0.15) is 29.9 Å². The molecule has 0 aromatic heterocycles. The molecule has 2 nitrogen and oxygen atoms in total. The van der Waals surface area contributed by atoms with E-state index in [2.05, 4.69) is 12.1 Å². The molecule has 0 heterocycles. The quantitative estimate of drug-likeness (QED) is 0.763. The molecule has 0 saturated heterocycles. The first-order chi connectivity index (χ1) is 11.6. The Morgan fingerprint density at radius 2 is 1.88 bits per heavy atom. The number of carbonyl (C=O) groups excluding carboxylic acids is 1. The van der Waals surface area contributed by atoms with E-state index >= 15 is 0 Å². The second-order valence-corrected chi connectivity index (χ2v) is 7.48. The highest BCUT2D eigenvalue weighted by Gasteiger charge is 2.28. The maximum atomic E-state index is 12.4. The summed E-state index contributed by atoms with van der Waals surface area (Å²) in [4.78, 5) is 13.0. The molecule has 2 aromatic rings. The van der Waals surface area contributed by atoms with Gasteiger partial charge >= 0.3 is 0 Å². The zero-order valence-corrected chi connectivity index (χ0v) is 14.8. The molecule has 0 saturated carbocycles. The lowest BCUT2D eigenvalue weighted by molar-refractivity contribution is -0.115. The number of aliphatic hydroxyl groups is 1. The van der Waals surface area contributed by atoms with Crippen LogP contribution in [0.2, 0.25) is 5.02 Å². The molecule has 0 fully saturated rings. The van der Waals surface area contributed by atoms with Gasteiger partial charge in [-0.25, -0.2) is 0 Å². The van der Waals surface area contributed by atoms with E-state index in [0.717, 1.165) is 17.7 Å². The van der Waals surface area contributed by atoms with Crippen molar-refractivity contribution in [3.05, 3.63) is 81.4 Å². The normalized spacial score (nSPS) is 18.0. The van der Waals surface area contributed by atoms with Crippen molar-refractivity contribution in [1.29, 1.82) is 0 Å². The second kappa shape index (κ2) is 7.91. The lowest BCUT2D eigenvalue weighted by Gasteiger charge is -2.23. The zero-order chi connectivity index (χ0) is 16.9. The SMILES string of the molecule is O=C1CC(c2cccc(Cl)c2)CC(O)=C1SCCc1ccccc1. The molecule has 1 unspecified atom stereocenters. The van der Waals surface area contributed by atoms with E-state index in [0.29, 0.717) is 22.8 Å². The molecule has 1 aliphatic carbocycles. The number of hydrogen-bond acceptors (Lipinski definition) is 3. The predicted octanol–water partition coefficient (Wildman–Crippen LogP) is 5.53. The monoisotopic (exact) mass is 358 g/mol.